The predicted octanol–water partition coefficient (Wildman–Crippen LogP) is 1.22. The summed E-state index contributed by atoms with van der Waals surface area (Å²) < 4.78 is 5.48. The second-order valence-electron chi connectivity index (χ2n) is 5.07. The zero-order valence-corrected chi connectivity index (χ0v) is 10.0. The number of anilines is 1. The molecule has 2 aromatic rings. The van der Waals surface area contributed by atoms with E-state index >= 15 is 0 Å². The molecule has 0 unspecified atom stereocenters. The van der Waals surface area contributed by atoms with Crippen LogP contribution < -0.4 is 5.73 Å². The van der Waals surface area contributed by atoms with E-state index in [-0.39, 0.29) is 11.7 Å². The molecule has 0 saturated carbocycles. The summed E-state index contributed by atoms with van der Waals surface area (Å²) in [5, 5.41) is 10.4. The number of rotatable bonds is 1. The van der Waals surface area contributed by atoms with Gasteiger partial charge in [0.05, 0.1) is 18.7 Å². The first-order valence-corrected chi connectivity index (χ1v) is 5.75. The molecule has 0 atom stereocenters. The molecular formula is C13H14N2O3. The fraction of sp³-hybridized carbons (Fsp3) is 0.308. The average molecular weight is 246 g/mol. The van der Waals surface area contributed by atoms with Crippen molar-refractivity contribution in [2.24, 2.45) is 0 Å². The molecule has 1 fully saturated rings. The molecular weight excluding hydrogens is 232 g/mol. The number of benzene rings is 1. The summed E-state index contributed by atoms with van der Waals surface area (Å²) in [6.07, 6.45) is 0. The summed E-state index contributed by atoms with van der Waals surface area (Å²) in [5.74, 6) is 0.0856. The van der Waals surface area contributed by atoms with E-state index in [2.05, 4.69) is 0 Å². The van der Waals surface area contributed by atoms with Crippen LogP contribution in [0.5, 0.6) is 0 Å². The van der Waals surface area contributed by atoms with Crippen LogP contribution in [0.2, 0.25) is 0 Å². The number of likely N-dealkylation sites (tertiary alicyclic amines) is 1. The van der Waals surface area contributed by atoms with E-state index in [4.69, 9.17) is 10.2 Å². The number of aliphatic hydroxyl groups is 1. The van der Waals surface area contributed by atoms with Gasteiger partial charge in [0, 0.05) is 11.1 Å². The minimum atomic E-state index is -0.772. The van der Waals surface area contributed by atoms with Gasteiger partial charge >= 0.3 is 0 Å². The quantitative estimate of drug-likeness (QED) is 0.741. The molecule has 94 valence electrons. The number of furan rings is 1. The zero-order valence-electron chi connectivity index (χ0n) is 10.0. The molecule has 5 heteroatoms. The van der Waals surface area contributed by atoms with Crippen molar-refractivity contribution >= 4 is 22.6 Å². The standard InChI is InChI=1S/C13H14N2O3/c1-13(17)6-15(7-13)12(16)11-5-8-4-9(14)2-3-10(8)18-11/h2-5,17H,6-7,14H2,1H3. The second kappa shape index (κ2) is 3.49. The van der Waals surface area contributed by atoms with Gasteiger partial charge < -0.3 is 20.2 Å². The van der Waals surface area contributed by atoms with Crippen LogP contribution in [0.15, 0.2) is 28.7 Å². The lowest BCUT2D eigenvalue weighted by molar-refractivity contribution is -0.0677. The molecule has 1 aromatic carbocycles. The Kier molecular flexibility index (Phi) is 2.15. The van der Waals surface area contributed by atoms with Crippen LogP contribution in [-0.2, 0) is 0 Å². The molecule has 2 heterocycles. The molecule has 0 spiro atoms. The Morgan fingerprint density at radius 1 is 1.44 bits per heavy atom. The van der Waals surface area contributed by atoms with E-state index in [1.807, 2.05) is 0 Å². The van der Waals surface area contributed by atoms with Gasteiger partial charge in [-0.3, -0.25) is 4.79 Å². The third-order valence-corrected chi connectivity index (χ3v) is 3.10. The van der Waals surface area contributed by atoms with Crippen LogP contribution in [0.3, 0.4) is 0 Å². The molecule has 18 heavy (non-hydrogen) atoms. The van der Waals surface area contributed by atoms with Crippen molar-refractivity contribution in [3.63, 3.8) is 0 Å². The van der Waals surface area contributed by atoms with Gasteiger partial charge in [0.2, 0.25) is 0 Å². The predicted molar refractivity (Wildman–Crippen MR) is 67.2 cm³/mol. The normalized spacial score (nSPS) is 17.8. The highest BCUT2D eigenvalue weighted by atomic mass is 16.3. The molecule has 0 radical (unpaired) electrons. The summed E-state index contributed by atoms with van der Waals surface area (Å²) in [5.41, 5.74) is 6.17. The van der Waals surface area contributed by atoms with E-state index in [1.54, 1.807) is 36.1 Å². The van der Waals surface area contributed by atoms with Crippen LogP contribution in [-0.4, -0.2) is 34.6 Å². The first-order valence-electron chi connectivity index (χ1n) is 5.75. The highest BCUT2D eigenvalue weighted by Crippen LogP contribution is 2.26. The van der Waals surface area contributed by atoms with E-state index in [0.29, 0.717) is 24.4 Å². The van der Waals surface area contributed by atoms with Crippen molar-refractivity contribution in [1.82, 2.24) is 4.90 Å². The number of nitrogens with zero attached hydrogens (tertiary/aromatic N) is 1. The molecule has 1 aliphatic rings. The topological polar surface area (TPSA) is 79.7 Å². The molecule has 1 amide bonds. The highest BCUT2D eigenvalue weighted by molar-refractivity contribution is 5.97. The Hall–Kier alpha value is -2.01. The Labute approximate surface area is 104 Å². The minimum Gasteiger partial charge on any atom is -0.451 e. The molecule has 3 N–H and O–H groups in total. The number of nitrogens with two attached hydrogens (primary N) is 1. The average Bonchev–Trinajstić information content (AvgIpc) is 2.67. The number of hydrogen-bond acceptors (Lipinski definition) is 4. The van der Waals surface area contributed by atoms with Crippen LogP contribution >= 0.6 is 0 Å². The third-order valence-electron chi connectivity index (χ3n) is 3.10. The lowest BCUT2D eigenvalue weighted by Crippen LogP contribution is -2.61. The molecule has 1 saturated heterocycles. The monoisotopic (exact) mass is 246 g/mol. The fourth-order valence-corrected chi connectivity index (χ4v) is 2.24. The Morgan fingerprint density at radius 3 is 2.83 bits per heavy atom. The Balaban J connectivity index is 1.88. The molecule has 5 nitrogen and oxygen atoms in total. The number of nitrogen functional groups attached to an aromatic ring is 1. The van der Waals surface area contributed by atoms with E-state index in [1.165, 1.54) is 0 Å². The van der Waals surface area contributed by atoms with Crippen molar-refractivity contribution in [1.29, 1.82) is 0 Å². The maximum Gasteiger partial charge on any atom is 0.289 e. The smallest absolute Gasteiger partial charge is 0.289 e. The number of carbonyl (C=O) groups is 1. The van der Waals surface area contributed by atoms with Crippen LogP contribution in [0.4, 0.5) is 5.69 Å². The van der Waals surface area contributed by atoms with Crippen molar-refractivity contribution in [3.8, 4) is 0 Å². The van der Waals surface area contributed by atoms with Crippen molar-refractivity contribution in [2.75, 3.05) is 18.8 Å². The SMILES string of the molecule is CC1(O)CN(C(=O)c2cc3cc(N)ccc3o2)C1. The molecule has 3 rings (SSSR count). The molecule has 0 aliphatic carbocycles. The summed E-state index contributed by atoms with van der Waals surface area (Å²) in [4.78, 5) is 13.6. The van der Waals surface area contributed by atoms with Gasteiger partial charge in [-0.05, 0) is 31.2 Å². The Morgan fingerprint density at radius 2 is 2.17 bits per heavy atom. The van der Waals surface area contributed by atoms with Gasteiger partial charge in [0.25, 0.3) is 5.91 Å². The summed E-state index contributed by atoms with van der Waals surface area (Å²) in [7, 11) is 0. The second-order valence-corrected chi connectivity index (χ2v) is 5.07. The number of β-amino-alcohol motifs (C(OH)–C–C–N with tert-alkyl or cyclic N) is 1. The lowest BCUT2D eigenvalue weighted by Gasteiger charge is -2.43. The first kappa shape index (κ1) is 11.1. The number of carbonyl (C=O) groups excluding carboxylic acids is 1. The van der Waals surface area contributed by atoms with Crippen LogP contribution in [0, 0.1) is 0 Å². The van der Waals surface area contributed by atoms with Crippen molar-refractivity contribution in [3.05, 3.63) is 30.0 Å². The molecule has 1 aromatic heterocycles. The van der Waals surface area contributed by atoms with E-state index in [9.17, 15) is 9.90 Å². The summed E-state index contributed by atoms with van der Waals surface area (Å²) in [6.45, 7) is 2.38. The fourth-order valence-electron chi connectivity index (χ4n) is 2.24. The highest BCUT2D eigenvalue weighted by Gasteiger charge is 2.40. The van der Waals surface area contributed by atoms with Gasteiger partial charge in [0.15, 0.2) is 5.76 Å². The maximum atomic E-state index is 12.1. The maximum absolute atomic E-state index is 12.1. The van der Waals surface area contributed by atoms with Crippen LogP contribution in [0.1, 0.15) is 17.5 Å². The van der Waals surface area contributed by atoms with Crippen molar-refractivity contribution < 1.29 is 14.3 Å². The van der Waals surface area contributed by atoms with Crippen LogP contribution in [0.25, 0.3) is 11.0 Å². The minimum absolute atomic E-state index is 0.198. The lowest BCUT2D eigenvalue weighted by atomic mass is 9.97. The number of fused-ring (bicyclic) bond motifs is 1. The van der Waals surface area contributed by atoms with E-state index < -0.39 is 5.60 Å². The molecule has 0 bridgehead atoms. The summed E-state index contributed by atoms with van der Waals surface area (Å²) >= 11 is 0. The van der Waals surface area contributed by atoms with Gasteiger partial charge in [-0.2, -0.15) is 0 Å². The van der Waals surface area contributed by atoms with E-state index in [0.717, 1.165) is 5.39 Å². The Bertz CT molecular complexity index is 622. The van der Waals surface area contributed by atoms with Gasteiger partial charge in [-0.25, -0.2) is 0 Å². The number of hydrogen-bond donors (Lipinski definition) is 2. The van der Waals surface area contributed by atoms with Gasteiger partial charge in [0.1, 0.15) is 5.58 Å². The third kappa shape index (κ3) is 1.73. The van der Waals surface area contributed by atoms with Crippen molar-refractivity contribution in [2.45, 2.75) is 12.5 Å². The molecule has 1 aliphatic heterocycles. The zero-order chi connectivity index (χ0) is 12.9. The summed E-state index contributed by atoms with van der Waals surface area (Å²) in [6, 6.07) is 6.92. The largest absolute Gasteiger partial charge is 0.451 e. The van der Waals surface area contributed by atoms with Gasteiger partial charge in [-0.15, -0.1) is 0 Å². The van der Waals surface area contributed by atoms with Gasteiger partial charge in [-0.1, -0.05) is 0 Å². The number of amides is 1. The first-order chi connectivity index (χ1) is 8.44.